The summed E-state index contributed by atoms with van der Waals surface area (Å²) in [6.07, 6.45) is 6.30. The lowest BCUT2D eigenvalue weighted by Gasteiger charge is -2.03. The lowest BCUT2D eigenvalue weighted by Crippen LogP contribution is -1.93. The van der Waals surface area contributed by atoms with Gasteiger partial charge in [0.15, 0.2) is 0 Å². The molecule has 1 heterocycles. The summed E-state index contributed by atoms with van der Waals surface area (Å²) in [7, 11) is 0. The van der Waals surface area contributed by atoms with Crippen molar-refractivity contribution in [3.8, 4) is 0 Å². The minimum atomic E-state index is -0.905. The molecule has 0 bridgehead atoms. The SMILES string of the molecule is CCC/C(=C\C(=O)O)c1cccnc1. The molecule has 0 aliphatic heterocycles. The van der Waals surface area contributed by atoms with Crippen molar-refractivity contribution >= 4 is 11.5 Å². The maximum atomic E-state index is 10.6. The third-order valence-corrected chi connectivity index (χ3v) is 1.85. The van der Waals surface area contributed by atoms with Crippen LogP contribution >= 0.6 is 0 Å². The van der Waals surface area contributed by atoms with Gasteiger partial charge in [-0.1, -0.05) is 19.4 Å². The molecule has 0 radical (unpaired) electrons. The second kappa shape index (κ2) is 5.17. The number of allylic oxidation sites excluding steroid dienone is 1. The molecule has 0 aromatic carbocycles. The molecule has 74 valence electrons. The second-order valence-corrected chi connectivity index (χ2v) is 3.00. The molecular formula is C11H13NO2. The summed E-state index contributed by atoms with van der Waals surface area (Å²) < 4.78 is 0. The molecule has 0 atom stereocenters. The Morgan fingerprint density at radius 1 is 1.64 bits per heavy atom. The van der Waals surface area contributed by atoms with Crippen LogP contribution in [0.2, 0.25) is 0 Å². The van der Waals surface area contributed by atoms with Crippen molar-refractivity contribution in [3.05, 3.63) is 36.2 Å². The van der Waals surface area contributed by atoms with E-state index in [1.165, 1.54) is 6.08 Å². The second-order valence-electron chi connectivity index (χ2n) is 3.00. The number of aromatic nitrogens is 1. The first-order chi connectivity index (χ1) is 6.74. The van der Waals surface area contributed by atoms with Crippen LogP contribution in [0.25, 0.3) is 5.57 Å². The van der Waals surface area contributed by atoms with E-state index in [4.69, 9.17) is 5.11 Å². The molecule has 0 aliphatic rings. The third kappa shape index (κ3) is 3.01. The average Bonchev–Trinajstić information content (AvgIpc) is 2.18. The van der Waals surface area contributed by atoms with E-state index >= 15 is 0 Å². The van der Waals surface area contributed by atoms with Crippen molar-refractivity contribution in [3.63, 3.8) is 0 Å². The van der Waals surface area contributed by atoms with Crippen molar-refractivity contribution in [2.24, 2.45) is 0 Å². The molecule has 0 fully saturated rings. The largest absolute Gasteiger partial charge is 0.478 e. The standard InChI is InChI=1S/C11H13NO2/c1-2-4-9(7-11(13)14)10-5-3-6-12-8-10/h3,5-8H,2,4H2,1H3,(H,13,14)/b9-7+. The molecule has 3 heteroatoms. The van der Waals surface area contributed by atoms with Crippen LogP contribution in [-0.2, 0) is 4.79 Å². The summed E-state index contributed by atoms with van der Waals surface area (Å²) >= 11 is 0. The predicted octanol–water partition coefficient (Wildman–Crippen LogP) is 2.35. The first kappa shape index (κ1) is 10.4. The maximum Gasteiger partial charge on any atom is 0.328 e. The molecule has 0 aliphatic carbocycles. The number of aliphatic carboxylic acids is 1. The number of rotatable bonds is 4. The van der Waals surface area contributed by atoms with Crippen molar-refractivity contribution < 1.29 is 9.90 Å². The molecule has 0 saturated heterocycles. The van der Waals surface area contributed by atoms with E-state index in [-0.39, 0.29) is 0 Å². The van der Waals surface area contributed by atoms with Crippen LogP contribution in [0.5, 0.6) is 0 Å². The highest BCUT2D eigenvalue weighted by atomic mass is 16.4. The van der Waals surface area contributed by atoms with Gasteiger partial charge >= 0.3 is 5.97 Å². The Balaban J connectivity index is 2.94. The highest BCUT2D eigenvalue weighted by Crippen LogP contribution is 2.18. The predicted molar refractivity (Wildman–Crippen MR) is 54.8 cm³/mol. The van der Waals surface area contributed by atoms with Crippen LogP contribution in [0.4, 0.5) is 0 Å². The summed E-state index contributed by atoms with van der Waals surface area (Å²) in [6.45, 7) is 2.02. The summed E-state index contributed by atoms with van der Waals surface area (Å²) in [5.41, 5.74) is 1.71. The first-order valence-corrected chi connectivity index (χ1v) is 4.58. The van der Waals surface area contributed by atoms with Gasteiger partial charge < -0.3 is 5.11 Å². The number of pyridine rings is 1. The fourth-order valence-corrected chi connectivity index (χ4v) is 1.27. The first-order valence-electron chi connectivity index (χ1n) is 4.58. The van der Waals surface area contributed by atoms with Crippen molar-refractivity contribution in [1.82, 2.24) is 4.98 Å². The van der Waals surface area contributed by atoms with Crippen LogP contribution in [0.3, 0.4) is 0 Å². The molecule has 3 nitrogen and oxygen atoms in total. The van der Waals surface area contributed by atoms with E-state index in [0.717, 1.165) is 24.0 Å². The molecule has 1 N–H and O–H groups in total. The number of nitrogens with zero attached hydrogens (tertiary/aromatic N) is 1. The van der Waals surface area contributed by atoms with Crippen LogP contribution in [-0.4, -0.2) is 16.1 Å². The van der Waals surface area contributed by atoms with Crippen LogP contribution in [0, 0.1) is 0 Å². The van der Waals surface area contributed by atoms with Gasteiger partial charge in [0.25, 0.3) is 0 Å². The Kier molecular flexibility index (Phi) is 3.85. The molecule has 1 rings (SSSR count). The molecule has 1 aromatic heterocycles. The van der Waals surface area contributed by atoms with Gasteiger partial charge in [0.1, 0.15) is 0 Å². The lowest BCUT2D eigenvalue weighted by atomic mass is 10.0. The highest BCUT2D eigenvalue weighted by Gasteiger charge is 2.02. The van der Waals surface area contributed by atoms with Crippen molar-refractivity contribution in [2.45, 2.75) is 19.8 Å². The van der Waals surface area contributed by atoms with E-state index in [0.29, 0.717) is 0 Å². The summed E-state index contributed by atoms with van der Waals surface area (Å²) in [5.74, 6) is -0.905. The minimum Gasteiger partial charge on any atom is -0.478 e. The fraction of sp³-hybridized carbons (Fsp3) is 0.273. The van der Waals surface area contributed by atoms with Gasteiger partial charge in [-0.15, -0.1) is 0 Å². The van der Waals surface area contributed by atoms with Crippen molar-refractivity contribution in [2.75, 3.05) is 0 Å². The van der Waals surface area contributed by atoms with Crippen molar-refractivity contribution in [1.29, 1.82) is 0 Å². The normalized spacial score (nSPS) is 11.4. The number of hydrogen-bond acceptors (Lipinski definition) is 2. The quantitative estimate of drug-likeness (QED) is 0.743. The molecule has 0 amide bonds. The topological polar surface area (TPSA) is 50.2 Å². The van der Waals surface area contributed by atoms with Gasteiger partial charge in [-0.25, -0.2) is 4.79 Å². The number of hydrogen-bond donors (Lipinski definition) is 1. The van der Waals surface area contributed by atoms with Gasteiger partial charge in [0.2, 0.25) is 0 Å². The zero-order valence-corrected chi connectivity index (χ0v) is 8.10. The minimum absolute atomic E-state index is 0.762. The van der Waals surface area contributed by atoms with E-state index < -0.39 is 5.97 Å². The van der Waals surface area contributed by atoms with Crippen LogP contribution < -0.4 is 0 Å². The van der Waals surface area contributed by atoms with Gasteiger partial charge in [-0.2, -0.15) is 0 Å². The van der Waals surface area contributed by atoms with E-state index in [2.05, 4.69) is 4.98 Å². The monoisotopic (exact) mass is 191 g/mol. The molecule has 14 heavy (non-hydrogen) atoms. The van der Waals surface area contributed by atoms with Gasteiger partial charge in [0, 0.05) is 18.5 Å². The summed E-state index contributed by atoms with van der Waals surface area (Å²) in [5, 5.41) is 8.68. The van der Waals surface area contributed by atoms with E-state index in [1.54, 1.807) is 18.5 Å². The average molecular weight is 191 g/mol. The van der Waals surface area contributed by atoms with Crippen LogP contribution in [0.1, 0.15) is 25.3 Å². The van der Waals surface area contributed by atoms with Crippen LogP contribution in [0.15, 0.2) is 30.6 Å². The Morgan fingerprint density at radius 3 is 2.93 bits per heavy atom. The number of carbonyl (C=O) groups is 1. The highest BCUT2D eigenvalue weighted by molar-refractivity contribution is 5.89. The Hall–Kier alpha value is -1.64. The Labute approximate surface area is 83.1 Å². The Bertz CT molecular complexity index is 330. The van der Waals surface area contributed by atoms with E-state index in [9.17, 15) is 4.79 Å². The molecule has 0 saturated carbocycles. The number of carboxylic acids is 1. The van der Waals surface area contributed by atoms with Gasteiger partial charge in [-0.3, -0.25) is 4.98 Å². The zero-order chi connectivity index (χ0) is 10.4. The van der Waals surface area contributed by atoms with Gasteiger partial charge in [0.05, 0.1) is 0 Å². The summed E-state index contributed by atoms with van der Waals surface area (Å²) in [6, 6.07) is 3.68. The molecule has 0 spiro atoms. The maximum absolute atomic E-state index is 10.6. The Morgan fingerprint density at radius 2 is 2.43 bits per heavy atom. The smallest absolute Gasteiger partial charge is 0.328 e. The third-order valence-electron chi connectivity index (χ3n) is 1.85. The molecule has 1 aromatic rings. The number of carboxylic acid groups (broad SMARTS) is 1. The summed E-state index contributed by atoms with van der Waals surface area (Å²) in [4.78, 5) is 14.5. The van der Waals surface area contributed by atoms with Gasteiger partial charge in [-0.05, 0) is 23.6 Å². The zero-order valence-electron chi connectivity index (χ0n) is 8.10. The fourth-order valence-electron chi connectivity index (χ4n) is 1.27. The molecule has 0 unspecified atom stereocenters. The molecular weight excluding hydrogens is 178 g/mol. The lowest BCUT2D eigenvalue weighted by molar-refractivity contribution is -0.131. The van der Waals surface area contributed by atoms with E-state index in [1.807, 2.05) is 13.0 Å².